The first-order chi connectivity index (χ1) is 5.86. The largest absolute Gasteiger partial charge is 0.384 e. The van der Waals surface area contributed by atoms with E-state index in [0.717, 1.165) is 0 Å². The van der Waals surface area contributed by atoms with Gasteiger partial charge in [0.25, 0.3) is 0 Å². The van der Waals surface area contributed by atoms with Crippen LogP contribution in [0.25, 0.3) is 0 Å². The molecule has 0 fully saturated rings. The molecule has 0 nitrogen and oxygen atoms in total. The van der Waals surface area contributed by atoms with Gasteiger partial charge in [0.1, 0.15) is 15.7 Å². The normalized spacial score (nSPS) is 12.8. The van der Waals surface area contributed by atoms with E-state index >= 15 is 0 Å². The van der Waals surface area contributed by atoms with E-state index in [1.807, 2.05) is 0 Å². The number of hydrogen-bond donors (Lipinski definition) is 0. The fourth-order valence-corrected chi connectivity index (χ4v) is 1.02. The highest BCUT2D eigenvalue weighted by Crippen LogP contribution is 2.35. The van der Waals surface area contributed by atoms with Crippen LogP contribution in [0.3, 0.4) is 0 Å². The molecule has 0 unspecified atom stereocenters. The van der Waals surface area contributed by atoms with Gasteiger partial charge in [-0.2, -0.15) is 13.2 Å². The zero-order valence-electron chi connectivity index (χ0n) is 7.52. The van der Waals surface area contributed by atoms with E-state index in [9.17, 15) is 13.2 Å². The molecule has 13 heavy (non-hydrogen) atoms. The van der Waals surface area contributed by atoms with Crippen molar-refractivity contribution in [3.8, 4) is 0 Å². The van der Waals surface area contributed by atoms with E-state index in [1.165, 1.54) is 27.8 Å². The van der Waals surface area contributed by atoms with Crippen molar-refractivity contribution in [1.29, 1.82) is 0 Å². The molecule has 0 aromatic heterocycles. The Morgan fingerprint density at radius 1 is 0.923 bits per heavy atom. The summed E-state index contributed by atoms with van der Waals surface area (Å²) < 4.78 is 37.6. The van der Waals surface area contributed by atoms with Gasteiger partial charge in [-0.15, -0.1) is 0 Å². The molecule has 0 N–H and O–H groups in total. The molecular formula is C8H9B2F3. The quantitative estimate of drug-likeness (QED) is 0.562. The average Bonchev–Trinajstić information content (AvgIpc) is 2.04. The maximum Gasteiger partial charge on any atom is 0.384 e. The summed E-state index contributed by atoms with van der Waals surface area (Å²) in [6, 6.07) is 7.92. The lowest BCUT2D eigenvalue weighted by Gasteiger charge is -2.28. The molecule has 1 rings (SSSR count). The van der Waals surface area contributed by atoms with Crippen LogP contribution in [0.2, 0.25) is 0 Å². The number of halogens is 3. The van der Waals surface area contributed by atoms with Crippen LogP contribution >= 0.6 is 0 Å². The van der Waals surface area contributed by atoms with Crippen LogP contribution in [0.15, 0.2) is 30.3 Å². The molecule has 68 valence electrons. The summed E-state index contributed by atoms with van der Waals surface area (Å²) in [5, 5.41) is -1.77. The van der Waals surface area contributed by atoms with Crippen molar-refractivity contribution in [2.75, 3.05) is 0 Å². The number of rotatable bonds is 1. The second-order valence-electron chi connectivity index (χ2n) is 3.49. The molecule has 0 heterocycles. The minimum absolute atomic E-state index is 0.294. The maximum absolute atomic E-state index is 12.5. The predicted octanol–water partition coefficient (Wildman–Crippen LogP) is 0.668. The Morgan fingerprint density at radius 3 is 1.77 bits per heavy atom. The standard InChI is InChI=1S/C8H9B2F3/c9-7(10,8(11,12)13)6-4-2-1-3-5-6/h1-5H,9-10H2. The first-order valence-corrected chi connectivity index (χ1v) is 3.98. The van der Waals surface area contributed by atoms with Gasteiger partial charge >= 0.3 is 6.18 Å². The van der Waals surface area contributed by atoms with Crippen LogP contribution in [0.4, 0.5) is 13.2 Å². The van der Waals surface area contributed by atoms with Crippen molar-refractivity contribution < 1.29 is 13.2 Å². The first-order valence-electron chi connectivity index (χ1n) is 3.98. The molecule has 0 spiro atoms. The molecule has 5 heteroatoms. The lowest BCUT2D eigenvalue weighted by atomic mass is 9.50. The molecule has 0 saturated carbocycles. The average molecular weight is 184 g/mol. The third-order valence-corrected chi connectivity index (χ3v) is 2.20. The monoisotopic (exact) mass is 184 g/mol. The summed E-state index contributed by atoms with van der Waals surface area (Å²) in [5.74, 6) is 0. The van der Waals surface area contributed by atoms with E-state index in [-0.39, 0.29) is 0 Å². The smallest absolute Gasteiger partial charge is 0.172 e. The van der Waals surface area contributed by atoms with Crippen molar-refractivity contribution in [1.82, 2.24) is 0 Å². The van der Waals surface area contributed by atoms with Crippen LogP contribution in [-0.2, 0) is 5.21 Å². The summed E-state index contributed by atoms with van der Waals surface area (Å²) in [4.78, 5) is 0. The van der Waals surface area contributed by atoms with E-state index < -0.39 is 11.4 Å². The molecule has 0 aliphatic heterocycles. The SMILES string of the molecule is BC(B)(c1ccccc1)C(F)(F)F. The summed E-state index contributed by atoms with van der Waals surface area (Å²) in [5.41, 5.74) is 0.294. The Hall–Kier alpha value is -0.860. The van der Waals surface area contributed by atoms with Crippen LogP contribution < -0.4 is 0 Å². The van der Waals surface area contributed by atoms with Crippen LogP contribution in [0.1, 0.15) is 5.56 Å². The van der Waals surface area contributed by atoms with Gasteiger partial charge in [0, 0.05) is 5.21 Å². The molecule has 0 bridgehead atoms. The van der Waals surface area contributed by atoms with E-state index in [4.69, 9.17) is 0 Å². The second-order valence-corrected chi connectivity index (χ2v) is 3.49. The van der Waals surface area contributed by atoms with Gasteiger partial charge in [0.2, 0.25) is 0 Å². The molecule has 0 radical (unpaired) electrons. The summed E-state index contributed by atoms with van der Waals surface area (Å²) in [6.45, 7) is 0. The lowest BCUT2D eigenvalue weighted by Crippen LogP contribution is -2.43. The fraction of sp³-hybridized carbons (Fsp3) is 0.250. The van der Waals surface area contributed by atoms with E-state index in [2.05, 4.69) is 0 Å². The van der Waals surface area contributed by atoms with Gasteiger partial charge in [-0.3, -0.25) is 0 Å². The van der Waals surface area contributed by atoms with Crippen molar-refractivity contribution in [2.45, 2.75) is 11.4 Å². The summed E-state index contributed by atoms with van der Waals surface area (Å²) in [6.07, 6.45) is -4.20. The first kappa shape index (κ1) is 10.2. The Morgan fingerprint density at radius 2 is 1.38 bits per heavy atom. The third kappa shape index (κ3) is 1.90. The summed E-state index contributed by atoms with van der Waals surface area (Å²) in [7, 11) is 2.37. The zero-order valence-corrected chi connectivity index (χ0v) is 7.52. The van der Waals surface area contributed by atoms with Crippen molar-refractivity contribution in [3.05, 3.63) is 35.9 Å². The van der Waals surface area contributed by atoms with Crippen molar-refractivity contribution in [2.24, 2.45) is 0 Å². The zero-order chi connectivity index (χ0) is 10.1. The van der Waals surface area contributed by atoms with Crippen LogP contribution in [0.5, 0.6) is 0 Å². The number of alkyl halides is 3. The lowest BCUT2D eigenvalue weighted by molar-refractivity contribution is -0.143. The molecule has 1 aromatic carbocycles. The molecule has 0 aliphatic rings. The molecule has 1 aromatic rings. The fourth-order valence-electron chi connectivity index (χ4n) is 1.02. The van der Waals surface area contributed by atoms with E-state index in [1.54, 1.807) is 18.2 Å². The minimum atomic E-state index is -4.20. The van der Waals surface area contributed by atoms with Crippen molar-refractivity contribution in [3.63, 3.8) is 0 Å². The molecule has 0 saturated heterocycles. The predicted molar refractivity (Wildman–Crippen MR) is 51.3 cm³/mol. The van der Waals surface area contributed by atoms with Crippen LogP contribution in [-0.4, -0.2) is 21.9 Å². The number of hydrogen-bond acceptors (Lipinski definition) is 0. The molecule has 0 amide bonds. The Bertz CT molecular complexity index is 279. The van der Waals surface area contributed by atoms with Gasteiger partial charge < -0.3 is 0 Å². The Labute approximate surface area is 77.0 Å². The topological polar surface area (TPSA) is 0 Å². The molecule has 0 atom stereocenters. The van der Waals surface area contributed by atoms with Crippen LogP contribution in [0, 0.1) is 0 Å². The molecule has 0 aliphatic carbocycles. The van der Waals surface area contributed by atoms with Gasteiger partial charge in [-0.25, -0.2) is 0 Å². The molecular weight excluding hydrogens is 175 g/mol. The second kappa shape index (κ2) is 3.13. The van der Waals surface area contributed by atoms with Gasteiger partial charge in [-0.1, -0.05) is 30.3 Å². The highest BCUT2D eigenvalue weighted by atomic mass is 19.4. The third-order valence-electron chi connectivity index (χ3n) is 2.20. The minimum Gasteiger partial charge on any atom is -0.172 e. The highest BCUT2D eigenvalue weighted by molar-refractivity contribution is 6.40. The summed E-state index contributed by atoms with van der Waals surface area (Å²) >= 11 is 0. The maximum atomic E-state index is 12.5. The van der Waals surface area contributed by atoms with Crippen molar-refractivity contribution >= 4 is 15.7 Å². The van der Waals surface area contributed by atoms with E-state index in [0.29, 0.717) is 5.56 Å². The Kier molecular flexibility index (Phi) is 2.46. The number of benzene rings is 1. The van der Waals surface area contributed by atoms with Gasteiger partial charge in [0.05, 0.1) is 0 Å². The highest BCUT2D eigenvalue weighted by Gasteiger charge is 2.47. The van der Waals surface area contributed by atoms with Gasteiger partial charge in [-0.05, 0) is 5.56 Å². The van der Waals surface area contributed by atoms with Gasteiger partial charge in [0.15, 0.2) is 0 Å². The Balaban J connectivity index is 3.08.